The molecule has 1 aromatic rings. The number of nitrogens with zero attached hydrogens (tertiary/aromatic N) is 1. The zero-order valence-electron chi connectivity index (χ0n) is 11.8. The van der Waals surface area contributed by atoms with E-state index in [9.17, 15) is 8.78 Å². The Kier molecular flexibility index (Phi) is 5.46. The molecule has 0 spiro atoms. The Morgan fingerprint density at radius 3 is 2.85 bits per heavy atom. The van der Waals surface area contributed by atoms with Crippen molar-refractivity contribution in [2.75, 3.05) is 26.2 Å². The van der Waals surface area contributed by atoms with Gasteiger partial charge in [-0.25, -0.2) is 8.78 Å². The summed E-state index contributed by atoms with van der Waals surface area (Å²) >= 11 is 0. The Labute approximate surface area is 118 Å². The summed E-state index contributed by atoms with van der Waals surface area (Å²) in [6.45, 7) is 4.45. The molecule has 1 aromatic carbocycles. The van der Waals surface area contributed by atoms with Crippen molar-refractivity contribution in [3.8, 4) is 0 Å². The molecule has 2 atom stereocenters. The van der Waals surface area contributed by atoms with E-state index in [1.165, 1.54) is 6.07 Å². The molecule has 2 rings (SSSR count). The standard InChI is InChI=1S/C15H22F2N2O/c1-2-19(10-12-4-3-7-20-12)15(9-18)13-8-11(16)5-6-14(13)17/h5-6,8,12,15H,2-4,7,9-10,18H2,1H3. The third kappa shape index (κ3) is 3.53. The van der Waals surface area contributed by atoms with Gasteiger partial charge in [0, 0.05) is 25.3 Å². The molecule has 5 heteroatoms. The average Bonchev–Trinajstić information content (AvgIpc) is 2.95. The fraction of sp³-hybridized carbons (Fsp3) is 0.600. The van der Waals surface area contributed by atoms with Gasteiger partial charge in [-0.15, -0.1) is 0 Å². The maximum absolute atomic E-state index is 13.9. The van der Waals surface area contributed by atoms with Crippen LogP contribution in [0.5, 0.6) is 0 Å². The molecule has 0 amide bonds. The normalized spacial score (nSPS) is 20.6. The molecule has 0 radical (unpaired) electrons. The lowest BCUT2D eigenvalue weighted by Crippen LogP contribution is -2.39. The van der Waals surface area contributed by atoms with Crippen molar-refractivity contribution in [2.24, 2.45) is 5.73 Å². The number of hydrogen-bond acceptors (Lipinski definition) is 3. The van der Waals surface area contributed by atoms with Crippen molar-refractivity contribution >= 4 is 0 Å². The van der Waals surface area contributed by atoms with Gasteiger partial charge in [-0.3, -0.25) is 4.90 Å². The maximum Gasteiger partial charge on any atom is 0.128 e. The Bertz CT molecular complexity index is 436. The van der Waals surface area contributed by atoms with E-state index in [2.05, 4.69) is 4.90 Å². The van der Waals surface area contributed by atoms with Crippen LogP contribution in [0.15, 0.2) is 18.2 Å². The number of benzene rings is 1. The van der Waals surface area contributed by atoms with E-state index >= 15 is 0 Å². The molecular weight excluding hydrogens is 262 g/mol. The molecule has 2 N–H and O–H groups in total. The van der Waals surface area contributed by atoms with Crippen LogP contribution in [0.2, 0.25) is 0 Å². The summed E-state index contributed by atoms with van der Waals surface area (Å²) in [4.78, 5) is 2.06. The summed E-state index contributed by atoms with van der Waals surface area (Å²) in [5.41, 5.74) is 6.13. The summed E-state index contributed by atoms with van der Waals surface area (Å²) < 4.78 is 32.9. The lowest BCUT2D eigenvalue weighted by Gasteiger charge is -2.32. The number of likely N-dealkylation sites (N-methyl/N-ethyl adjacent to an activating group) is 1. The molecule has 2 unspecified atom stereocenters. The number of rotatable bonds is 6. The van der Waals surface area contributed by atoms with Crippen molar-refractivity contribution in [3.63, 3.8) is 0 Å². The van der Waals surface area contributed by atoms with Gasteiger partial charge in [-0.2, -0.15) is 0 Å². The minimum absolute atomic E-state index is 0.167. The first kappa shape index (κ1) is 15.4. The molecule has 1 heterocycles. The molecule has 0 aromatic heterocycles. The van der Waals surface area contributed by atoms with Gasteiger partial charge in [-0.05, 0) is 37.6 Å². The summed E-state index contributed by atoms with van der Waals surface area (Å²) in [7, 11) is 0. The van der Waals surface area contributed by atoms with Gasteiger partial charge >= 0.3 is 0 Å². The molecule has 0 bridgehead atoms. The van der Waals surface area contributed by atoms with Crippen molar-refractivity contribution < 1.29 is 13.5 Å². The van der Waals surface area contributed by atoms with Gasteiger partial charge in [0.25, 0.3) is 0 Å². The van der Waals surface area contributed by atoms with Gasteiger partial charge < -0.3 is 10.5 Å². The van der Waals surface area contributed by atoms with Gasteiger partial charge in [0.1, 0.15) is 11.6 Å². The van der Waals surface area contributed by atoms with E-state index in [0.717, 1.165) is 38.1 Å². The fourth-order valence-corrected chi connectivity index (χ4v) is 2.77. The second-order valence-corrected chi connectivity index (χ2v) is 5.14. The average molecular weight is 284 g/mol. The Morgan fingerprint density at radius 2 is 2.25 bits per heavy atom. The van der Waals surface area contributed by atoms with Crippen LogP contribution >= 0.6 is 0 Å². The quantitative estimate of drug-likeness (QED) is 0.872. The monoisotopic (exact) mass is 284 g/mol. The van der Waals surface area contributed by atoms with Crippen LogP contribution in [0.1, 0.15) is 31.4 Å². The SMILES string of the molecule is CCN(CC1CCCO1)C(CN)c1cc(F)ccc1F. The highest BCUT2D eigenvalue weighted by atomic mass is 19.1. The number of ether oxygens (including phenoxy) is 1. The van der Waals surface area contributed by atoms with E-state index in [1.807, 2.05) is 6.92 Å². The predicted octanol–water partition coefficient (Wildman–Crippen LogP) is 2.47. The van der Waals surface area contributed by atoms with E-state index < -0.39 is 11.6 Å². The summed E-state index contributed by atoms with van der Waals surface area (Å²) in [6.07, 6.45) is 2.24. The maximum atomic E-state index is 13.9. The summed E-state index contributed by atoms with van der Waals surface area (Å²) in [5.74, 6) is -0.847. The second kappa shape index (κ2) is 7.11. The summed E-state index contributed by atoms with van der Waals surface area (Å²) in [5, 5.41) is 0. The lowest BCUT2D eigenvalue weighted by atomic mass is 10.0. The minimum Gasteiger partial charge on any atom is -0.377 e. The Morgan fingerprint density at radius 1 is 1.45 bits per heavy atom. The van der Waals surface area contributed by atoms with Crippen LogP contribution < -0.4 is 5.73 Å². The molecule has 1 saturated heterocycles. The van der Waals surface area contributed by atoms with Gasteiger partial charge in [0.2, 0.25) is 0 Å². The predicted molar refractivity (Wildman–Crippen MR) is 74.4 cm³/mol. The smallest absolute Gasteiger partial charge is 0.128 e. The van der Waals surface area contributed by atoms with Crippen LogP contribution in [-0.2, 0) is 4.74 Å². The number of hydrogen-bond donors (Lipinski definition) is 1. The van der Waals surface area contributed by atoms with Gasteiger partial charge in [-0.1, -0.05) is 6.92 Å². The molecule has 1 aliphatic heterocycles. The number of nitrogens with two attached hydrogens (primary N) is 1. The molecule has 1 aliphatic rings. The lowest BCUT2D eigenvalue weighted by molar-refractivity contribution is 0.0595. The fourth-order valence-electron chi connectivity index (χ4n) is 2.77. The van der Waals surface area contributed by atoms with Crippen LogP contribution in [-0.4, -0.2) is 37.2 Å². The van der Waals surface area contributed by atoms with Crippen LogP contribution in [0, 0.1) is 11.6 Å². The van der Waals surface area contributed by atoms with Crippen molar-refractivity contribution in [2.45, 2.75) is 31.9 Å². The largest absolute Gasteiger partial charge is 0.377 e. The molecule has 1 fully saturated rings. The summed E-state index contributed by atoms with van der Waals surface area (Å²) in [6, 6.07) is 3.21. The van der Waals surface area contributed by atoms with Gasteiger partial charge in [0.05, 0.1) is 12.1 Å². The topological polar surface area (TPSA) is 38.5 Å². The Balaban J connectivity index is 2.17. The van der Waals surface area contributed by atoms with Crippen LogP contribution in [0.25, 0.3) is 0 Å². The van der Waals surface area contributed by atoms with Crippen molar-refractivity contribution in [1.82, 2.24) is 4.90 Å². The Hall–Kier alpha value is -1.04. The van der Waals surface area contributed by atoms with E-state index in [1.54, 1.807) is 0 Å². The molecule has 0 aliphatic carbocycles. The first-order valence-electron chi connectivity index (χ1n) is 7.16. The third-order valence-electron chi connectivity index (χ3n) is 3.85. The third-order valence-corrected chi connectivity index (χ3v) is 3.85. The zero-order chi connectivity index (χ0) is 14.5. The molecular formula is C15H22F2N2O. The number of halogens is 2. The molecule has 3 nitrogen and oxygen atoms in total. The highest BCUT2D eigenvalue weighted by Crippen LogP contribution is 2.25. The van der Waals surface area contributed by atoms with Gasteiger partial charge in [0.15, 0.2) is 0 Å². The highest BCUT2D eigenvalue weighted by Gasteiger charge is 2.26. The molecule has 0 saturated carbocycles. The second-order valence-electron chi connectivity index (χ2n) is 5.14. The van der Waals surface area contributed by atoms with Crippen LogP contribution in [0.3, 0.4) is 0 Å². The van der Waals surface area contributed by atoms with Crippen molar-refractivity contribution in [3.05, 3.63) is 35.4 Å². The first-order chi connectivity index (χ1) is 9.65. The molecule has 112 valence electrons. The zero-order valence-corrected chi connectivity index (χ0v) is 11.8. The molecule has 20 heavy (non-hydrogen) atoms. The van der Waals surface area contributed by atoms with Crippen molar-refractivity contribution in [1.29, 1.82) is 0 Å². The van der Waals surface area contributed by atoms with E-state index in [0.29, 0.717) is 12.1 Å². The van der Waals surface area contributed by atoms with Crippen LogP contribution in [0.4, 0.5) is 8.78 Å². The van der Waals surface area contributed by atoms with E-state index in [4.69, 9.17) is 10.5 Å². The van der Waals surface area contributed by atoms with E-state index in [-0.39, 0.29) is 18.7 Å². The minimum atomic E-state index is -0.437. The first-order valence-corrected chi connectivity index (χ1v) is 7.16. The highest BCUT2D eigenvalue weighted by molar-refractivity contribution is 5.23.